The first-order chi connectivity index (χ1) is 6.97. The Balaban J connectivity index is 2.30. The van der Waals surface area contributed by atoms with E-state index in [4.69, 9.17) is 0 Å². The zero-order valence-electron chi connectivity index (χ0n) is 9.63. The quantitative estimate of drug-likeness (QED) is 0.705. The van der Waals surface area contributed by atoms with E-state index in [0.29, 0.717) is 11.3 Å². The second-order valence-electron chi connectivity index (χ2n) is 5.51. The molecule has 3 heteroatoms. The van der Waals surface area contributed by atoms with Crippen molar-refractivity contribution in [1.82, 2.24) is 10.2 Å². The van der Waals surface area contributed by atoms with Crippen LogP contribution >= 0.6 is 0 Å². The first kappa shape index (κ1) is 10.4. The van der Waals surface area contributed by atoms with Gasteiger partial charge in [0.25, 0.3) is 5.56 Å². The predicted molar refractivity (Wildman–Crippen MR) is 59.8 cm³/mol. The van der Waals surface area contributed by atoms with E-state index in [2.05, 4.69) is 31.0 Å². The number of aromatic amines is 1. The van der Waals surface area contributed by atoms with Crippen LogP contribution in [0.15, 0.2) is 10.9 Å². The Hall–Kier alpha value is -1.12. The van der Waals surface area contributed by atoms with E-state index < -0.39 is 0 Å². The molecule has 0 bridgehead atoms. The summed E-state index contributed by atoms with van der Waals surface area (Å²) < 4.78 is 0. The second kappa shape index (κ2) is 3.47. The minimum absolute atomic E-state index is 0.0803. The van der Waals surface area contributed by atoms with Crippen LogP contribution in [0, 0.1) is 11.3 Å². The number of hydrogen-bond acceptors (Lipinski definition) is 2. The number of rotatable bonds is 0. The zero-order valence-corrected chi connectivity index (χ0v) is 9.63. The third-order valence-electron chi connectivity index (χ3n) is 3.40. The van der Waals surface area contributed by atoms with Crippen molar-refractivity contribution in [3.8, 4) is 0 Å². The molecule has 0 radical (unpaired) electrons. The molecule has 82 valence electrons. The summed E-state index contributed by atoms with van der Waals surface area (Å²) in [4.78, 5) is 11.2. The second-order valence-corrected chi connectivity index (χ2v) is 5.51. The van der Waals surface area contributed by atoms with Crippen molar-refractivity contribution >= 4 is 0 Å². The summed E-state index contributed by atoms with van der Waals surface area (Å²) in [5.41, 5.74) is 2.46. The van der Waals surface area contributed by atoms with E-state index in [1.54, 1.807) is 6.07 Å². The van der Waals surface area contributed by atoms with Gasteiger partial charge in [-0.25, -0.2) is 5.10 Å². The molecule has 1 aromatic rings. The number of aromatic nitrogens is 2. The van der Waals surface area contributed by atoms with E-state index in [-0.39, 0.29) is 5.56 Å². The van der Waals surface area contributed by atoms with Crippen LogP contribution in [0.3, 0.4) is 0 Å². The molecule has 0 spiro atoms. The smallest absolute Gasteiger partial charge is 0.264 e. The van der Waals surface area contributed by atoms with Crippen LogP contribution in [0.4, 0.5) is 0 Å². The largest absolute Gasteiger partial charge is 0.268 e. The Morgan fingerprint density at radius 3 is 2.87 bits per heavy atom. The Kier molecular flexibility index (Phi) is 2.41. The first-order valence-corrected chi connectivity index (χ1v) is 5.54. The molecule has 0 amide bonds. The minimum Gasteiger partial charge on any atom is -0.268 e. The Morgan fingerprint density at radius 2 is 2.20 bits per heavy atom. The van der Waals surface area contributed by atoms with Gasteiger partial charge in [-0.15, -0.1) is 0 Å². The number of nitrogens with one attached hydrogen (secondary N) is 1. The molecular weight excluding hydrogens is 188 g/mol. The molecule has 2 rings (SSSR count). The predicted octanol–water partition coefficient (Wildman–Crippen LogP) is 1.92. The highest BCUT2D eigenvalue weighted by Crippen LogP contribution is 2.35. The molecule has 1 N–H and O–H groups in total. The van der Waals surface area contributed by atoms with Crippen LogP contribution in [-0.2, 0) is 12.8 Å². The van der Waals surface area contributed by atoms with Crippen molar-refractivity contribution in [1.29, 1.82) is 0 Å². The molecule has 0 aromatic carbocycles. The maximum Gasteiger partial charge on any atom is 0.264 e. The number of fused-ring (bicyclic) bond motifs is 1. The Labute approximate surface area is 89.9 Å². The molecule has 1 atom stereocenters. The van der Waals surface area contributed by atoms with Crippen LogP contribution in [0.25, 0.3) is 0 Å². The highest BCUT2D eigenvalue weighted by atomic mass is 16.1. The van der Waals surface area contributed by atoms with E-state index >= 15 is 0 Å². The van der Waals surface area contributed by atoms with Crippen LogP contribution in [0.5, 0.6) is 0 Å². The lowest BCUT2D eigenvalue weighted by Crippen LogP contribution is -2.28. The van der Waals surface area contributed by atoms with E-state index in [1.807, 2.05) is 0 Å². The lowest BCUT2D eigenvalue weighted by atomic mass is 9.72. The number of H-pyrrole nitrogens is 1. The summed E-state index contributed by atoms with van der Waals surface area (Å²) in [5.74, 6) is 0.661. The van der Waals surface area contributed by atoms with Crippen LogP contribution in [-0.4, -0.2) is 10.2 Å². The molecule has 0 fully saturated rings. The molecular formula is C12H18N2O. The number of aryl methyl sites for hydroxylation is 1. The van der Waals surface area contributed by atoms with E-state index in [1.165, 1.54) is 6.42 Å². The number of hydrogen-bond donors (Lipinski definition) is 1. The van der Waals surface area contributed by atoms with Gasteiger partial charge in [0.2, 0.25) is 0 Å². The summed E-state index contributed by atoms with van der Waals surface area (Å²) in [6.45, 7) is 6.80. The standard InChI is InChI=1S/C12H18N2O/c1-12(2,3)9-4-5-10-8(6-9)7-11(15)14-13-10/h7,9H,4-6H2,1-3H3,(H,14,15)/t9-/m0/s1. The van der Waals surface area contributed by atoms with Gasteiger partial charge in [0, 0.05) is 6.07 Å². The van der Waals surface area contributed by atoms with Gasteiger partial charge in [-0.05, 0) is 36.2 Å². The zero-order chi connectivity index (χ0) is 11.1. The molecule has 1 heterocycles. The third-order valence-corrected chi connectivity index (χ3v) is 3.40. The molecule has 3 nitrogen and oxygen atoms in total. The summed E-state index contributed by atoms with van der Waals surface area (Å²) in [6.07, 6.45) is 3.17. The first-order valence-electron chi connectivity index (χ1n) is 5.54. The van der Waals surface area contributed by atoms with E-state index in [0.717, 1.165) is 24.1 Å². The average molecular weight is 206 g/mol. The highest BCUT2D eigenvalue weighted by Gasteiger charge is 2.29. The van der Waals surface area contributed by atoms with Crippen molar-refractivity contribution in [2.24, 2.45) is 11.3 Å². The van der Waals surface area contributed by atoms with Gasteiger partial charge in [0.15, 0.2) is 0 Å². The highest BCUT2D eigenvalue weighted by molar-refractivity contribution is 5.21. The summed E-state index contributed by atoms with van der Waals surface area (Å²) in [7, 11) is 0. The topological polar surface area (TPSA) is 45.8 Å². The average Bonchev–Trinajstić information content (AvgIpc) is 2.15. The number of nitrogens with zero attached hydrogens (tertiary/aromatic N) is 1. The molecule has 1 aliphatic rings. The lowest BCUT2D eigenvalue weighted by molar-refractivity contribution is 0.214. The fourth-order valence-corrected chi connectivity index (χ4v) is 2.28. The van der Waals surface area contributed by atoms with Crippen LogP contribution < -0.4 is 5.56 Å². The maximum atomic E-state index is 11.2. The molecule has 0 unspecified atom stereocenters. The van der Waals surface area contributed by atoms with Gasteiger partial charge >= 0.3 is 0 Å². The minimum atomic E-state index is -0.0803. The van der Waals surface area contributed by atoms with Crippen molar-refractivity contribution in [3.63, 3.8) is 0 Å². The van der Waals surface area contributed by atoms with Gasteiger partial charge in [0.1, 0.15) is 0 Å². The monoisotopic (exact) mass is 206 g/mol. The van der Waals surface area contributed by atoms with Crippen molar-refractivity contribution < 1.29 is 0 Å². The molecule has 15 heavy (non-hydrogen) atoms. The van der Waals surface area contributed by atoms with Gasteiger partial charge in [-0.1, -0.05) is 20.8 Å². The molecule has 1 aromatic heterocycles. The summed E-state index contributed by atoms with van der Waals surface area (Å²) in [6, 6.07) is 1.71. The van der Waals surface area contributed by atoms with Gasteiger partial charge in [-0.2, -0.15) is 5.10 Å². The van der Waals surface area contributed by atoms with Crippen LogP contribution in [0.2, 0.25) is 0 Å². The van der Waals surface area contributed by atoms with Gasteiger partial charge in [0.05, 0.1) is 5.69 Å². The molecule has 0 saturated heterocycles. The Bertz CT molecular complexity index is 414. The Morgan fingerprint density at radius 1 is 1.47 bits per heavy atom. The fraction of sp³-hybridized carbons (Fsp3) is 0.667. The van der Waals surface area contributed by atoms with Crippen LogP contribution in [0.1, 0.15) is 38.4 Å². The molecule has 1 aliphatic carbocycles. The van der Waals surface area contributed by atoms with Crippen molar-refractivity contribution in [3.05, 3.63) is 27.7 Å². The summed E-state index contributed by atoms with van der Waals surface area (Å²) >= 11 is 0. The normalized spacial score (nSPS) is 21.1. The molecule has 0 saturated carbocycles. The fourth-order valence-electron chi connectivity index (χ4n) is 2.28. The lowest BCUT2D eigenvalue weighted by Gasteiger charge is -2.34. The van der Waals surface area contributed by atoms with E-state index in [9.17, 15) is 4.79 Å². The maximum absolute atomic E-state index is 11.2. The summed E-state index contributed by atoms with van der Waals surface area (Å²) in [5, 5.41) is 6.61. The van der Waals surface area contributed by atoms with Crippen molar-refractivity contribution in [2.75, 3.05) is 0 Å². The van der Waals surface area contributed by atoms with Gasteiger partial charge < -0.3 is 0 Å². The third kappa shape index (κ3) is 2.11. The molecule has 0 aliphatic heterocycles. The van der Waals surface area contributed by atoms with Gasteiger partial charge in [-0.3, -0.25) is 4.79 Å². The SMILES string of the molecule is CC(C)(C)[C@H]1CCc2n[nH]c(=O)cc2C1. The van der Waals surface area contributed by atoms with Crippen molar-refractivity contribution in [2.45, 2.75) is 40.0 Å².